The Bertz CT molecular complexity index is 960. The number of hydrogen-bond acceptors (Lipinski definition) is 6. The van der Waals surface area contributed by atoms with Crippen molar-refractivity contribution in [2.24, 2.45) is 0 Å². The van der Waals surface area contributed by atoms with Crippen molar-refractivity contribution in [3.8, 4) is 5.75 Å². The van der Waals surface area contributed by atoms with Crippen molar-refractivity contribution in [2.75, 3.05) is 38.7 Å². The number of benzene rings is 2. The van der Waals surface area contributed by atoms with Gasteiger partial charge < -0.3 is 14.8 Å². The lowest BCUT2D eigenvalue weighted by Crippen LogP contribution is -2.35. The van der Waals surface area contributed by atoms with Crippen molar-refractivity contribution >= 4 is 16.7 Å². The van der Waals surface area contributed by atoms with Crippen LogP contribution in [0.4, 0.5) is 10.2 Å². The first-order valence-corrected chi connectivity index (χ1v) is 9.33. The molecule has 0 bridgehead atoms. The van der Waals surface area contributed by atoms with Gasteiger partial charge in [0, 0.05) is 37.6 Å². The number of halogens is 1. The number of ether oxygens (including phenoxy) is 2. The summed E-state index contributed by atoms with van der Waals surface area (Å²) in [4.78, 5) is 10.9. The van der Waals surface area contributed by atoms with Crippen molar-refractivity contribution < 1.29 is 13.9 Å². The molecule has 4 rings (SSSR count). The molecule has 28 heavy (non-hydrogen) atoms. The van der Waals surface area contributed by atoms with E-state index in [0.717, 1.165) is 38.2 Å². The first kappa shape index (κ1) is 18.6. The average Bonchev–Trinajstić information content (AvgIpc) is 2.73. The van der Waals surface area contributed by atoms with Crippen LogP contribution >= 0.6 is 0 Å². The Hall–Kier alpha value is -2.77. The summed E-state index contributed by atoms with van der Waals surface area (Å²) >= 11 is 0. The second-order valence-electron chi connectivity index (χ2n) is 6.74. The summed E-state index contributed by atoms with van der Waals surface area (Å²) in [5.41, 5.74) is 3.02. The number of rotatable bonds is 6. The highest BCUT2D eigenvalue weighted by Gasteiger charge is 2.14. The maximum Gasteiger partial charge on any atom is 0.167 e. The number of anilines is 1. The minimum Gasteiger partial charge on any atom is -0.494 e. The molecule has 1 aliphatic rings. The molecule has 0 unspecified atom stereocenters. The highest BCUT2D eigenvalue weighted by atomic mass is 19.1. The Morgan fingerprint density at radius 3 is 2.71 bits per heavy atom. The molecule has 7 heteroatoms. The maximum absolute atomic E-state index is 14.0. The van der Waals surface area contributed by atoms with Gasteiger partial charge in [-0.2, -0.15) is 0 Å². The van der Waals surface area contributed by atoms with Crippen molar-refractivity contribution in [3.63, 3.8) is 0 Å². The van der Waals surface area contributed by atoms with Gasteiger partial charge in [0.25, 0.3) is 0 Å². The summed E-state index contributed by atoms with van der Waals surface area (Å²) in [5, 5.41) is 4.11. The quantitative estimate of drug-likeness (QED) is 0.706. The third-order valence-electron chi connectivity index (χ3n) is 4.97. The molecule has 0 radical (unpaired) electrons. The van der Waals surface area contributed by atoms with Crippen LogP contribution in [0.5, 0.6) is 5.75 Å². The Balaban J connectivity index is 1.55. The lowest BCUT2D eigenvalue weighted by molar-refractivity contribution is 0.0341. The van der Waals surface area contributed by atoms with E-state index in [4.69, 9.17) is 9.47 Å². The van der Waals surface area contributed by atoms with E-state index in [1.54, 1.807) is 6.07 Å². The molecule has 2 aromatic carbocycles. The van der Waals surface area contributed by atoms with Gasteiger partial charge >= 0.3 is 0 Å². The van der Waals surface area contributed by atoms with Crippen LogP contribution < -0.4 is 10.1 Å². The van der Waals surface area contributed by atoms with Gasteiger partial charge in [-0.1, -0.05) is 24.3 Å². The molecule has 1 aliphatic heterocycles. The van der Waals surface area contributed by atoms with E-state index >= 15 is 0 Å². The monoisotopic (exact) mass is 382 g/mol. The highest BCUT2D eigenvalue weighted by Crippen LogP contribution is 2.27. The summed E-state index contributed by atoms with van der Waals surface area (Å²) in [6.07, 6.45) is 1.44. The molecule has 0 atom stereocenters. The van der Waals surface area contributed by atoms with E-state index in [2.05, 4.69) is 38.4 Å². The molecule has 0 aliphatic carbocycles. The van der Waals surface area contributed by atoms with Crippen LogP contribution in [-0.2, 0) is 17.8 Å². The standard InChI is InChI=1S/C21H23FN4O2/c1-27-20-10-17-19(11-18(20)22)24-14-25-21(17)23-12-15-4-2-3-5-16(15)13-26-6-8-28-9-7-26/h2-5,10-11,14H,6-9,12-13H2,1H3,(H,23,24,25). The first-order chi connectivity index (χ1) is 13.7. The zero-order valence-electron chi connectivity index (χ0n) is 15.8. The number of nitrogens with one attached hydrogen (secondary N) is 1. The molecule has 1 aromatic heterocycles. The Morgan fingerprint density at radius 2 is 1.93 bits per heavy atom. The summed E-state index contributed by atoms with van der Waals surface area (Å²) < 4.78 is 24.5. The van der Waals surface area contributed by atoms with Crippen LogP contribution in [0.1, 0.15) is 11.1 Å². The van der Waals surface area contributed by atoms with Crippen LogP contribution in [0.2, 0.25) is 0 Å². The van der Waals surface area contributed by atoms with Gasteiger partial charge in [-0.3, -0.25) is 4.90 Å². The second kappa shape index (κ2) is 8.50. The summed E-state index contributed by atoms with van der Waals surface area (Å²) in [6, 6.07) is 11.4. The number of hydrogen-bond donors (Lipinski definition) is 1. The van der Waals surface area contributed by atoms with E-state index in [-0.39, 0.29) is 5.75 Å². The number of aromatic nitrogens is 2. The number of methoxy groups -OCH3 is 1. The Morgan fingerprint density at radius 1 is 1.14 bits per heavy atom. The fourth-order valence-electron chi connectivity index (χ4n) is 3.42. The molecule has 0 saturated carbocycles. The van der Waals surface area contributed by atoms with Crippen molar-refractivity contribution in [1.29, 1.82) is 0 Å². The molecular weight excluding hydrogens is 359 g/mol. The molecule has 2 heterocycles. The minimum absolute atomic E-state index is 0.179. The zero-order valence-corrected chi connectivity index (χ0v) is 15.8. The van der Waals surface area contributed by atoms with Crippen LogP contribution in [0.3, 0.4) is 0 Å². The molecule has 146 valence electrons. The molecule has 0 amide bonds. The van der Waals surface area contributed by atoms with Gasteiger partial charge in [-0.25, -0.2) is 14.4 Å². The molecule has 0 spiro atoms. The van der Waals surface area contributed by atoms with Gasteiger partial charge in [-0.05, 0) is 17.2 Å². The maximum atomic E-state index is 14.0. The Kier molecular flexibility index (Phi) is 5.64. The van der Waals surface area contributed by atoms with Gasteiger partial charge in [0.2, 0.25) is 0 Å². The zero-order chi connectivity index (χ0) is 19.3. The number of nitrogens with zero attached hydrogens (tertiary/aromatic N) is 3. The Labute approximate surface area is 163 Å². The fourth-order valence-corrected chi connectivity index (χ4v) is 3.42. The third-order valence-corrected chi connectivity index (χ3v) is 4.97. The van der Waals surface area contributed by atoms with Gasteiger partial charge in [0.1, 0.15) is 12.1 Å². The predicted octanol–water partition coefficient (Wildman–Crippen LogP) is 3.22. The fraction of sp³-hybridized carbons (Fsp3) is 0.333. The van der Waals surface area contributed by atoms with E-state index in [1.165, 1.54) is 30.6 Å². The minimum atomic E-state index is -0.435. The molecule has 1 fully saturated rings. The predicted molar refractivity (Wildman–Crippen MR) is 106 cm³/mol. The SMILES string of the molecule is COc1cc2c(NCc3ccccc3CN3CCOCC3)ncnc2cc1F. The van der Waals surface area contributed by atoms with E-state index in [0.29, 0.717) is 17.9 Å². The smallest absolute Gasteiger partial charge is 0.167 e. The molecule has 3 aromatic rings. The van der Waals surface area contributed by atoms with Crippen LogP contribution in [-0.4, -0.2) is 48.3 Å². The summed E-state index contributed by atoms with van der Waals surface area (Å²) in [5.74, 6) is 0.401. The lowest BCUT2D eigenvalue weighted by atomic mass is 10.1. The van der Waals surface area contributed by atoms with E-state index in [9.17, 15) is 4.39 Å². The number of fused-ring (bicyclic) bond motifs is 1. The third kappa shape index (κ3) is 4.05. The summed E-state index contributed by atoms with van der Waals surface area (Å²) in [6.45, 7) is 4.97. The summed E-state index contributed by atoms with van der Waals surface area (Å²) in [7, 11) is 1.45. The van der Waals surface area contributed by atoms with E-state index in [1.807, 2.05) is 6.07 Å². The van der Waals surface area contributed by atoms with Crippen LogP contribution in [0, 0.1) is 5.82 Å². The topological polar surface area (TPSA) is 59.5 Å². The first-order valence-electron chi connectivity index (χ1n) is 9.33. The van der Waals surface area contributed by atoms with Crippen molar-refractivity contribution in [1.82, 2.24) is 14.9 Å². The van der Waals surface area contributed by atoms with Crippen LogP contribution in [0.15, 0.2) is 42.7 Å². The van der Waals surface area contributed by atoms with Gasteiger partial charge in [-0.15, -0.1) is 0 Å². The van der Waals surface area contributed by atoms with E-state index < -0.39 is 5.82 Å². The normalized spacial score (nSPS) is 14.9. The van der Waals surface area contributed by atoms with Crippen LogP contribution in [0.25, 0.3) is 10.9 Å². The average molecular weight is 382 g/mol. The van der Waals surface area contributed by atoms with Crippen molar-refractivity contribution in [3.05, 3.63) is 59.7 Å². The molecule has 6 nitrogen and oxygen atoms in total. The molecular formula is C21H23FN4O2. The lowest BCUT2D eigenvalue weighted by Gasteiger charge is -2.27. The molecule has 1 N–H and O–H groups in total. The van der Waals surface area contributed by atoms with Gasteiger partial charge in [0.15, 0.2) is 11.6 Å². The highest BCUT2D eigenvalue weighted by molar-refractivity contribution is 5.90. The van der Waals surface area contributed by atoms with Gasteiger partial charge in [0.05, 0.1) is 25.8 Å². The number of morpholine rings is 1. The second-order valence-corrected chi connectivity index (χ2v) is 6.74. The molecule has 1 saturated heterocycles. The largest absolute Gasteiger partial charge is 0.494 e. The van der Waals surface area contributed by atoms with Crippen molar-refractivity contribution in [2.45, 2.75) is 13.1 Å².